The summed E-state index contributed by atoms with van der Waals surface area (Å²) in [6, 6.07) is 7.49. The average molecular weight is 279 g/mol. The third-order valence-electron chi connectivity index (χ3n) is 2.44. The first kappa shape index (κ1) is 13.1. The maximum Gasteiger partial charge on any atom is 0.282 e. The number of H-pyrrole nitrogens is 1. The number of pyridine rings is 1. The molecule has 0 bridgehead atoms. The molecule has 0 saturated heterocycles. The average Bonchev–Trinajstić information content (AvgIpc) is 2.38. The first-order chi connectivity index (χ1) is 9.10. The Kier molecular flexibility index (Phi) is 3.82. The van der Waals surface area contributed by atoms with Gasteiger partial charge in [-0.15, -0.1) is 5.10 Å². The number of aromatic nitrogens is 1. The van der Waals surface area contributed by atoms with Gasteiger partial charge in [-0.2, -0.15) is 10.1 Å². The van der Waals surface area contributed by atoms with Crippen molar-refractivity contribution in [3.63, 3.8) is 0 Å². The number of nitrogens with two attached hydrogens (primary N) is 2. The Labute approximate surface area is 114 Å². The molecule has 0 atom stereocenters. The van der Waals surface area contributed by atoms with Crippen molar-refractivity contribution in [3.8, 4) is 5.75 Å². The summed E-state index contributed by atoms with van der Waals surface area (Å²) in [5, 5.41) is 8.64. The van der Waals surface area contributed by atoms with Gasteiger partial charge in [-0.05, 0) is 29.8 Å². The van der Waals surface area contributed by atoms with Crippen LogP contribution < -0.4 is 21.2 Å². The van der Waals surface area contributed by atoms with Crippen LogP contribution >= 0.6 is 11.6 Å². The Bertz CT molecular complexity index is 664. The molecule has 2 rings (SSSR count). The van der Waals surface area contributed by atoms with E-state index in [4.69, 9.17) is 27.8 Å². The second-order valence-electron chi connectivity index (χ2n) is 3.76. The SMILES string of the molecule is COc1ccc2[nH+]c(Cl)c(/C=N\N=C(N)N)cc2c1. The van der Waals surface area contributed by atoms with Crippen molar-refractivity contribution < 1.29 is 9.72 Å². The van der Waals surface area contributed by atoms with Gasteiger partial charge >= 0.3 is 0 Å². The molecule has 0 radical (unpaired) electrons. The molecule has 5 N–H and O–H groups in total. The minimum absolute atomic E-state index is 0.112. The number of guanidine groups is 1. The fourth-order valence-electron chi connectivity index (χ4n) is 1.57. The molecule has 0 unspecified atom stereocenters. The fourth-order valence-corrected chi connectivity index (χ4v) is 1.78. The molecule has 98 valence electrons. The highest BCUT2D eigenvalue weighted by atomic mass is 35.5. The predicted octanol–water partition coefficient (Wildman–Crippen LogP) is 0.923. The van der Waals surface area contributed by atoms with Crippen molar-refractivity contribution in [2.45, 2.75) is 0 Å². The van der Waals surface area contributed by atoms with Gasteiger partial charge in [0.2, 0.25) is 11.5 Å². The molecule has 6 nitrogen and oxygen atoms in total. The molecule has 0 spiro atoms. The van der Waals surface area contributed by atoms with Crippen LogP contribution in [0.2, 0.25) is 5.15 Å². The van der Waals surface area contributed by atoms with Gasteiger partial charge < -0.3 is 16.2 Å². The Morgan fingerprint density at radius 1 is 1.37 bits per heavy atom. The van der Waals surface area contributed by atoms with Gasteiger partial charge in [0.15, 0.2) is 0 Å². The van der Waals surface area contributed by atoms with Crippen LogP contribution in [-0.2, 0) is 0 Å². The first-order valence-corrected chi connectivity index (χ1v) is 5.79. The Hall–Kier alpha value is -2.34. The van der Waals surface area contributed by atoms with Crippen molar-refractivity contribution in [1.29, 1.82) is 0 Å². The number of nitrogens with zero attached hydrogens (tertiary/aromatic N) is 2. The number of aromatic amines is 1. The number of hydrogen-bond donors (Lipinski definition) is 2. The predicted molar refractivity (Wildman–Crippen MR) is 75.5 cm³/mol. The van der Waals surface area contributed by atoms with Gasteiger partial charge in [-0.3, -0.25) is 0 Å². The molecule has 1 aromatic heterocycles. The molecular formula is C12H13ClN5O+. The highest BCUT2D eigenvalue weighted by Crippen LogP contribution is 2.20. The van der Waals surface area contributed by atoms with E-state index < -0.39 is 0 Å². The van der Waals surface area contributed by atoms with Crippen LogP contribution in [0.1, 0.15) is 5.56 Å². The van der Waals surface area contributed by atoms with E-state index in [-0.39, 0.29) is 5.96 Å². The van der Waals surface area contributed by atoms with Crippen LogP contribution in [0.5, 0.6) is 5.75 Å². The zero-order chi connectivity index (χ0) is 13.8. The summed E-state index contributed by atoms with van der Waals surface area (Å²) in [5.74, 6) is 0.647. The van der Waals surface area contributed by atoms with E-state index in [2.05, 4.69) is 15.2 Å². The highest BCUT2D eigenvalue weighted by molar-refractivity contribution is 6.31. The number of halogens is 1. The van der Waals surface area contributed by atoms with E-state index in [1.165, 1.54) is 6.21 Å². The third-order valence-corrected chi connectivity index (χ3v) is 2.75. The molecule has 0 aliphatic heterocycles. The van der Waals surface area contributed by atoms with Crippen LogP contribution in [-0.4, -0.2) is 19.3 Å². The molecular weight excluding hydrogens is 266 g/mol. The molecule has 19 heavy (non-hydrogen) atoms. The van der Waals surface area contributed by atoms with Gasteiger partial charge in [0.1, 0.15) is 5.75 Å². The Morgan fingerprint density at radius 3 is 2.84 bits per heavy atom. The van der Waals surface area contributed by atoms with E-state index >= 15 is 0 Å². The molecule has 0 saturated carbocycles. The molecule has 0 aliphatic rings. The minimum Gasteiger partial charge on any atom is -0.497 e. The Morgan fingerprint density at radius 2 is 2.16 bits per heavy atom. The van der Waals surface area contributed by atoms with E-state index in [0.29, 0.717) is 10.7 Å². The zero-order valence-corrected chi connectivity index (χ0v) is 11.0. The smallest absolute Gasteiger partial charge is 0.282 e. The zero-order valence-electron chi connectivity index (χ0n) is 10.2. The number of nitrogens with one attached hydrogen (secondary N) is 1. The van der Waals surface area contributed by atoms with Crippen molar-refractivity contribution in [2.24, 2.45) is 21.7 Å². The van der Waals surface area contributed by atoms with Crippen LogP contribution in [0.25, 0.3) is 10.9 Å². The topological polar surface area (TPSA) is 100 Å². The summed E-state index contributed by atoms with van der Waals surface area (Å²) in [6.07, 6.45) is 1.47. The first-order valence-electron chi connectivity index (χ1n) is 5.41. The van der Waals surface area contributed by atoms with Crippen molar-refractivity contribution in [1.82, 2.24) is 0 Å². The lowest BCUT2D eigenvalue weighted by atomic mass is 10.1. The molecule has 1 aromatic carbocycles. The fraction of sp³-hybridized carbons (Fsp3) is 0.0833. The maximum absolute atomic E-state index is 6.10. The van der Waals surface area contributed by atoms with Crippen LogP contribution in [0, 0.1) is 0 Å². The molecule has 7 heteroatoms. The number of ether oxygens (including phenoxy) is 1. The molecule has 2 aromatic rings. The standard InChI is InChI=1S/C12H12ClN5O/c1-19-9-2-3-10-7(5-9)4-8(11(13)17-10)6-16-18-12(14)15/h2-6H,1H3,(H4,14,15,18)/p+1/b16-6-. The van der Waals surface area contributed by atoms with Gasteiger partial charge in [0.25, 0.3) is 5.15 Å². The largest absolute Gasteiger partial charge is 0.497 e. The molecule has 0 amide bonds. The lowest BCUT2D eigenvalue weighted by Crippen LogP contribution is -2.21. The number of rotatable bonds is 3. The van der Waals surface area contributed by atoms with Gasteiger partial charge in [-0.1, -0.05) is 0 Å². The second kappa shape index (κ2) is 5.53. The van der Waals surface area contributed by atoms with E-state index in [1.807, 2.05) is 24.3 Å². The number of methoxy groups -OCH3 is 1. The summed E-state index contributed by atoms with van der Waals surface area (Å²) < 4.78 is 5.17. The van der Waals surface area contributed by atoms with E-state index in [0.717, 1.165) is 16.7 Å². The molecule has 1 heterocycles. The van der Waals surface area contributed by atoms with E-state index in [9.17, 15) is 0 Å². The monoisotopic (exact) mass is 278 g/mol. The Balaban J connectivity index is 2.47. The van der Waals surface area contributed by atoms with Gasteiger partial charge in [-0.25, -0.2) is 0 Å². The summed E-state index contributed by atoms with van der Waals surface area (Å²) in [7, 11) is 1.61. The molecule has 0 fully saturated rings. The lowest BCUT2D eigenvalue weighted by Gasteiger charge is -2.00. The summed E-state index contributed by atoms with van der Waals surface area (Å²) in [6.45, 7) is 0. The quantitative estimate of drug-likeness (QED) is 0.378. The number of hydrogen-bond acceptors (Lipinski definition) is 3. The number of benzene rings is 1. The third kappa shape index (κ3) is 3.11. The second-order valence-corrected chi connectivity index (χ2v) is 4.14. The maximum atomic E-state index is 6.10. The summed E-state index contributed by atoms with van der Waals surface area (Å²) in [5.41, 5.74) is 11.9. The number of fused-ring (bicyclic) bond motifs is 1. The van der Waals surface area contributed by atoms with E-state index in [1.54, 1.807) is 7.11 Å². The highest BCUT2D eigenvalue weighted by Gasteiger charge is 2.10. The normalized spacial score (nSPS) is 10.8. The van der Waals surface area contributed by atoms with Crippen LogP contribution in [0.3, 0.4) is 0 Å². The van der Waals surface area contributed by atoms with Gasteiger partial charge in [0, 0.05) is 6.07 Å². The van der Waals surface area contributed by atoms with Gasteiger partial charge in [0.05, 0.1) is 24.3 Å². The lowest BCUT2D eigenvalue weighted by molar-refractivity contribution is -0.342. The molecule has 0 aliphatic carbocycles. The minimum atomic E-state index is -0.112. The van der Waals surface area contributed by atoms with Crippen LogP contribution in [0.15, 0.2) is 34.5 Å². The van der Waals surface area contributed by atoms with Crippen molar-refractivity contribution in [2.75, 3.05) is 7.11 Å². The van der Waals surface area contributed by atoms with Crippen molar-refractivity contribution in [3.05, 3.63) is 35.0 Å². The summed E-state index contributed by atoms with van der Waals surface area (Å²) >= 11 is 6.10. The van der Waals surface area contributed by atoms with Crippen LogP contribution in [0.4, 0.5) is 0 Å². The summed E-state index contributed by atoms with van der Waals surface area (Å²) in [4.78, 5) is 3.06. The van der Waals surface area contributed by atoms with Crippen molar-refractivity contribution >= 4 is 34.7 Å².